The number of carbonyl (C=O) groups excluding carboxylic acids is 1. The highest BCUT2D eigenvalue weighted by atomic mass is 16.1. The van der Waals surface area contributed by atoms with Crippen molar-refractivity contribution in [3.63, 3.8) is 0 Å². The summed E-state index contributed by atoms with van der Waals surface area (Å²) < 4.78 is 1.91. The summed E-state index contributed by atoms with van der Waals surface area (Å²) in [5.41, 5.74) is 3.33. The molecule has 0 aliphatic carbocycles. The van der Waals surface area contributed by atoms with Crippen LogP contribution in [0.2, 0.25) is 0 Å². The Morgan fingerprint density at radius 1 is 1.44 bits per heavy atom. The van der Waals surface area contributed by atoms with E-state index in [9.17, 15) is 4.79 Å². The van der Waals surface area contributed by atoms with Gasteiger partial charge < -0.3 is 9.72 Å². The first-order chi connectivity index (χ1) is 7.13. The number of carbonyl (C=O) groups is 1. The van der Waals surface area contributed by atoms with Crippen LogP contribution in [0, 0.1) is 13.8 Å². The quantitative estimate of drug-likeness (QED) is 0.796. The van der Waals surface area contributed by atoms with Gasteiger partial charge in [-0.1, -0.05) is 7.43 Å². The Balaban J connectivity index is 0.00000128. The normalized spacial score (nSPS) is 9.94. The second kappa shape index (κ2) is 4.35. The van der Waals surface area contributed by atoms with E-state index in [1.54, 1.807) is 13.1 Å². The molecule has 0 spiro atoms. The minimum absolute atomic E-state index is 0. The molecule has 0 atom stereocenters. The molecule has 0 saturated heterocycles. The van der Waals surface area contributed by atoms with Crippen molar-refractivity contribution in [2.75, 3.05) is 7.05 Å². The molecule has 16 heavy (non-hydrogen) atoms. The molecule has 86 valence electrons. The molecule has 0 bridgehead atoms. The zero-order chi connectivity index (χ0) is 11.0. The van der Waals surface area contributed by atoms with Gasteiger partial charge in [-0.2, -0.15) is 0 Å². The number of amides is 1. The molecule has 0 aromatic carbocycles. The van der Waals surface area contributed by atoms with E-state index in [4.69, 9.17) is 0 Å². The minimum Gasteiger partial charge on any atom is -0.355 e. The molecule has 0 aliphatic heterocycles. The van der Waals surface area contributed by atoms with E-state index in [1.807, 2.05) is 30.5 Å². The van der Waals surface area contributed by atoms with E-state index in [0.29, 0.717) is 11.2 Å². The summed E-state index contributed by atoms with van der Waals surface area (Å²) in [5.74, 6) is -0.102. The van der Waals surface area contributed by atoms with Crippen LogP contribution >= 0.6 is 0 Å². The molecule has 2 heterocycles. The van der Waals surface area contributed by atoms with Gasteiger partial charge in [0.05, 0.1) is 5.56 Å². The van der Waals surface area contributed by atoms with E-state index < -0.39 is 0 Å². The van der Waals surface area contributed by atoms with Gasteiger partial charge in [-0.3, -0.25) is 4.79 Å². The van der Waals surface area contributed by atoms with Crippen molar-refractivity contribution >= 4 is 11.6 Å². The zero-order valence-corrected chi connectivity index (χ0v) is 9.03. The first-order valence-electron chi connectivity index (χ1n) is 4.81. The molecule has 1 amide bonds. The van der Waals surface area contributed by atoms with Gasteiger partial charge in [-0.25, -0.2) is 4.98 Å². The van der Waals surface area contributed by atoms with E-state index in [-0.39, 0.29) is 13.3 Å². The highest BCUT2D eigenvalue weighted by Gasteiger charge is 2.11. The van der Waals surface area contributed by atoms with Crippen LogP contribution in [0.5, 0.6) is 0 Å². The fraction of sp³-hybridized carbons (Fsp3) is 0.333. The summed E-state index contributed by atoms with van der Waals surface area (Å²) in [4.78, 5) is 15.9. The van der Waals surface area contributed by atoms with Gasteiger partial charge in [0.25, 0.3) is 5.91 Å². The van der Waals surface area contributed by atoms with E-state index >= 15 is 0 Å². The largest absolute Gasteiger partial charge is 0.355 e. The van der Waals surface area contributed by atoms with Gasteiger partial charge in [-0.05, 0) is 26.0 Å². The number of hydrogen-bond acceptors (Lipinski definition) is 2. The van der Waals surface area contributed by atoms with Crippen LogP contribution in [0.3, 0.4) is 0 Å². The SMILES string of the molecule is C.CNC(=O)c1ccn2c(C)cc(C)nc12. The van der Waals surface area contributed by atoms with Crippen molar-refractivity contribution in [1.82, 2.24) is 14.7 Å². The molecule has 2 rings (SSSR count). The fourth-order valence-electron chi connectivity index (χ4n) is 1.71. The maximum Gasteiger partial charge on any atom is 0.254 e. The number of fused-ring (bicyclic) bond motifs is 1. The van der Waals surface area contributed by atoms with Crippen LogP contribution < -0.4 is 5.32 Å². The van der Waals surface area contributed by atoms with Crippen molar-refractivity contribution in [2.45, 2.75) is 21.3 Å². The van der Waals surface area contributed by atoms with E-state index in [1.165, 1.54) is 0 Å². The van der Waals surface area contributed by atoms with Crippen LogP contribution in [0.25, 0.3) is 5.65 Å². The number of nitrogens with zero attached hydrogens (tertiary/aromatic N) is 2. The second-order valence-corrected chi connectivity index (χ2v) is 3.54. The monoisotopic (exact) mass is 219 g/mol. The Labute approximate surface area is 95.3 Å². The van der Waals surface area contributed by atoms with Crippen LogP contribution in [0.1, 0.15) is 29.2 Å². The number of hydrogen-bond donors (Lipinski definition) is 1. The zero-order valence-electron chi connectivity index (χ0n) is 9.03. The highest BCUT2D eigenvalue weighted by molar-refractivity contribution is 5.99. The summed E-state index contributed by atoms with van der Waals surface area (Å²) in [6.45, 7) is 3.92. The van der Waals surface area contributed by atoms with Crippen LogP contribution in [0.15, 0.2) is 18.3 Å². The summed E-state index contributed by atoms with van der Waals surface area (Å²) in [7, 11) is 1.62. The standard InChI is InChI=1S/C11H13N3O.CH4/c1-7-6-8(2)14-5-4-9(10(14)13-7)11(15)12-3;/h4-6H,1-3H3,(H,12,15);1H4. The van der Waals surface area contributed by atoms with Crippen molar-refractivity contribution < 1.29 is 4.79 Å². The van der Waals surface area contributed by atoms with Gasteiger partial charge in [0, 0.05) is 24.6 Å². The molecule has 2 aromatic heterocycles. The first-order valence-corrected chi connectivity index (χ1v) is 4.81. The van der Waals surface area contributed by atoms with E-state index in [2.05, 4.69) is 10.3 Å². The summed E-state index contributed by atoms with van der Waals surface area (Å²) >= 11 is 0. The Kier molecular flexibility index (Phi) is 3.32. The maximum absolute atomic E-state index is 11.5. The fourth-order valence-corrected chi connectivity index (χ4v) is 1.71. The Bertz CT molecular complexity index is 528. The summed E-state index contributed by atoms with van der Waals surface area (Å²) in [5, 5.41) is 2.61. The summed E-state index contributed by atoms with van der Waals surface area (Å²) in [6.07, 6.45) is 1.86. The molecule has 4 nitrogen and oxygen atoms in total. The smallest absolute Gasteiger partial charge is 0.254 e. The molecule has 0 unspecified atom stereocenters. The lowest BCUT2D eigenvalue weighted by atomic mass is 10.3. The van der Waals surface area contributed by atoms with Crippen molar-refractivity contribution in [1.29, 1.82) is 0 Å². The lowest BCUT2D eigenvalue weighted by molar-refractivity contribution is 0.0964. The Morgan fingerprint density at radius 3 is 2.75 bits per heavy atom. The van der Waals surface area contributed by atoms with Crippen LogP contribution in [-0.2, 0) is 0 Å². The van der Waals surface area contributed by atoms with Gasteiger partial charge in [-0.15, -0.1) is 0 Å². The number of aromatic nitrogens is 2. The van der Waals surface area contributed by atoms with Gasteiger partial charge in [0.2, 0.25) is 0 Å². The second-order valence-electron chi connectivity index (χ2n) is 3.54. The molecular weight excluding hydrogens is 202 g/mol. The third-order valence-corrected chi connectivity index (χ3v) is 2.41. The van der Waals surface area contributed by atoms with Crippen LogP contribution in [-0.4, -0.2) is 22.3 Å². The average molecular weight is 219 g/mol. The maximum atomic E-state index is 11.5. The molecule has 1 N–H and O–H groups in total. The topological polar surface area (TPSA) is 46.4 Å². The minimum atomic E-state index is -0.102. The molecule has 0 saturated carbocycles. The molecule has 2 aromatic rings. The number of aryl methyl sites for hydroxylation is 2. The summed E-state index contributed by atoms with van der Waals surface area (Å²) in [6, 6.07) is 3.77. The van der Waals surface area contributed by atoms with Gasteiger partial charge in [0.15, 0.2) is 0 Å². The number of nitrogens with one attached hydrogen (secondary N) is 1. The predicted octanol–water partition coefficient (Wildman–Crippen LogP) is 1.95. The molecule has 4 heteroatoms. The lowest BCUT2D eigenvalue weighted by Gasteiger charge is -2.03. The average Bonchev–Trinajstić information content (AvgIpc) is 2.60. The molecular formula is C12H17N3O. The molecule has 0 fully saturated rings. The molecule has 0 aliphatic rings. The third-order valence-electron chi connectivity index (χ3n) is 2.41. The molecule has 0 radical (unpaired) electrons. The Hall–Kier alpha value is -1.84. The lowest BCUT2D eigenvalue weighted by Crippen LogP contribution is -2.17. The third kappa shape index (κ3) is 1.78. The van der Waals surface area contributed by atoms with E-state index in [0.717, 1.165) is 11.4 Å². The Morgan fingerprint density at radius 2 is 2.12 bits per heavy atom. The highest BCUT2D eigenvalue weighted by Crippen LogP contribution is 2.13. The van der Waals surface area contributed by atoms with Crippen molar-refractivity contribution in [3.05, 3.63) is 35.3 Å². The first kappa shape index (κ1) is 12.2. The predicted molar refractivity (Wildman–Crippen MR) is 64.8 cm³/mol. The number of rotatable bonds is 1. The van der Waals surface area contributed by atoms with Crippen molar-refractivity contribution in [3.8, 4) is 0 Å². The van der Waals surface area contributed by atoms with Crippen molar-refractivity contribution in [2.24, 2.45) is 0 Å². The van der Waals surface area contributed by atoms with Gasteiger partial charge in [0.1, 0.15) is 5.65 Å². The van der Waals surface area contributed by atoms with Crippen LogP contribution in [0.4, 0.5) is 0 Å². The van der Waals surface area contributed by atoms with Gasteiger partial charge >= 0.3 is 0 Å².